The Kier molecular flexibility index (Phi) is 5.17. The number of hydrogen-bond acceptors (Lipinski definition) is 3. The number of benzene rings is 3. The van der Waals surface area contributed by atoms with E-state index in [9.17, 15) is 9.59 Å². The molecular formula is C22H19ClN2O3. The van der Waals surface area contributed by atoms with Crippen molar-refractivity contribution in [2.45, 2.75) is 12.8 Å². The number of hydrogen-bond donors (Lipinski definition) is 1. The Bertz CT molecular complexity index is 1050. The number of nitrogens with one attached hydrogen (secondary N) is 1. The number of fused-ring (bicyclic) bond motifs is 1. The van der Waals surface area contributed by atoms with Gasteiger partial charge in [0.1, 0.15) is 5.75 Å². The maximum Gasteiger partial charge on any atom is 0.262 e. The van der Waals surface area contributed by atoms with Crippen molar-refractivity contribution in [3.05, 3.63) is 65.7 Å². The highest BCUT2D eigenvalue weighted by atomic mass is 35.5. The molecule has 2 amide bonds. The lowest BCUT2D eigenvalue weighted by Crippen LogP contribution is -2.24. The van der Waals surface area contributed by atoms with Crippen molar-refractivity contribution in [1.29, 1.82) is 0 Å². The largest absolute Gasteiger partial charge is 0.483 e. The van der Waals surface area contributed by atoms with E-state index in [4.69, 9.17) is 16.3 Å². The Balaban J connectivity index is 1.43. The number of ether oxygens (including phenoxy) is 1. The molecule has 0 unspecified atom stereocenters. The van der Waals surface area contributed by atoms with Crippen LogP contribution < -0.4 is 15.0 Å². The topological polar surface area (TPSA) is 58.6 Å². The molecule has 4 rings (SSSR count). The smallest absolute Gasteiger partial charge is 0.262 e. The van der Waals surface area contributed by atoms with Crippen LogP contribution in [0, 0.1) is 0 Å². The highest BCUT2D eigenvalue weighted by Gasteiger charge is 2.21. The second kappa shape index (κ2) is 7.90. The number of anilines is 2. The van der Waals surface area contributed by atoms with Crippen molar-refractivity contribution >= 4 is 45.6 Å². The third kappa shape index (κ3) is 3.80. The van der Waals surface area contributed by atoms with Crippen molar-refractivity contribution < 1.29 is 14.3 Å². The van der Waals surface area contributed by atoms with E-state index in [-0.39, 0.29) is 18.4 Å². The van der Waals surface area contributed by atoms with Crippen molar-refractivity contribution in [2.75, 3.05) is 23.4 Å². The van der Waals surface area contributed by atoms with Crippen molar-refractivity contribution in [3.63, 3.8) is 0 Å². The van der Waals surface area contributed by atoms with Gasteiger partial charge >= 0.3 is 0 Å². The lowest BCUT2D eigenvalue weighted by molar-refractivity contribution is -0.118. The first kappa shape index (κ1) is 18.3. The Morgan fingerprint density at radius 2 is 1.89 bits per heavy atom. The number of halogens is 1. The van der Waals surface area contributed by atoms with Crippen LogP contribution in [-0.2, 0) is 9.59 Å². The normalized spacial score (nSPS) is 13.8. The fourth-order valence-corrected chi connectivity index (χ4v) is 3.60. The molecule has 1 N–H and O–H groups in total. The molecule has 0 aromatic heterocycles. The van der Waals surface area contributed by atoms with Gasteiger partial charge in [0, 0.05) is 40.1 Å². The predicted octanol–water partition coefficient (Wildman–Crippen LogP) is 4.64. The number of carbonyl (C=O) groups is 2. The lowest BCUT2D eigenvalue weighted by atomic mass is 10.1. The predicted molar refractivity (Wildman–Crippen MR) is 111 cm³/mol. The first-order valence-electron chi connectivity index (χ1n) is 9.12. The molecule has 1 saturated heterocycles. The molecule has 28 heavy (non-hydrogen) atoms. The van der Waals surface area contributed by atoms with Crippen LogP contribution in [0.3, 0.4) is 0 Å². The average Bonchev–Trinajstić information content (AvgIpc) is 3.14. The van der Waals surface area contributed by atoms with Crippen LogP contribution in [-0.4, -0.2) is 25.0 Å². The van der Waals surface area contributed by atoms with Gasteiger partial charge in [-0.3, -0.25) is 9.59 Å². The molecule has 0 bridgehead atoms. The summed E-state index contributed by atoms with van der Waals surface area (Å²) in [6, 6.07) is 18.4. The maximum atomic E-state index is 12.3. The average molecular weight is 395 g/mol. The van der Waals surface area contributed by atoms with Crippen LogP contribution in [0.5, 0.6) is 5.75 Å². The SMILES string of the molecule is O=C(COc1ccc(Cl)c2ccccc12)Nc1cccc(N2CCCC2=O)c1. The molecule has 142 valence electrons. The van der Waals surface area contributed by atoms with Crippen LogP contribution in [0.1, 0.15) is 12.8 Å². The minimum Gasteiger partial charge on any atom is -0.483 e. The van der Waals surface area contributed by atoms with E-state index in [0.29, 0.717) is 29.4 Å². The van der Waals surface area contributed by atoms with Crippen LogP contribution in [0.15, 0.2) is 60.7 Å². The number of amides is 2. The van der Waals surface area contributed by atoms with Crippen LogP contribution in [0.25, 0.3) is 10.8 Å². The van der Waals surface area contributed by atoms with Gasteiger partial charge in [0.15, 0.2) is 6.61 Å². The van der Waals surface area contributed by atoms with Gasteiger partial charge in [-0.05, 0) is 36.8 Å². The molecular weight excluding hydrogens is 376 g/mol. The second-order valence-electron chi connectivity index (χ2n) is 6.63. The minimum absolute atomic E-state index is 0.112. The van der Waals surface area contributed by atoms with E-state index in [1.54, 1.807) is 29.2 Å². The monoisotopic (exact) mass is 394 g/mol. The van der Waals surface area contributed by atoms with E-state index < -0.39 is 0 Å². The van der Waals surface area contributed by atoms with E-state index in [1.807, 2.05) is 36.4 Å². The number of nitrogens with zero attached hydrogens (tertiary/aromatic N) is 1. The molecule has 1 aliphatic rings. The lowest BCUT2D eigenvalue weighted by Gasteiger charge is -2.17. The molecule has 0 aliphatic carbocycles. The molecule has 3 aromatic carbocycles. The first-order valence-corrected chi connectivity index (χ1v) is 9.50. The van der Waals surface area contributed by atoms with E-state index in [1.165, 1.54) is 0 Å². The van der Waals surface area contributed by atoms with Gasteiger partial charge in [0.25, 0.3) is 5.91 Å². The third-order valence-corrected chi connectivity index (χ3v) is 5.03. The number of rotatable bonds is 5. The number of carbonyl (C=O) groups excluding carboxylic acids is 2. The summed E-state index contributed by atoms with van der Waals surface area (Å²) < 4.78 is 5.72. The van der Waals surface area contributed by atoms with Gasteiger partial charge in [-0.15, -0.1) is 0 Å². The van der Waals surface area contributed by atoms with E-state index in [0.717, 1.165) is 22.9 Å². The maximum absolute atomic E-state index is 12.3. The standard InChI is InChI=1S/C22H19ClN2O3/c23-19-10-11-20(18-8-2-1-7-17(18)19)28-14-21(26)24-15-5-3-6-16(13-15)25-12-4-9-22(25)27/h1-3,5-8,10-11,13H,4,9,12,14H2,(H,24,26). The molecule has 0 saturated carbocycles. The summed E-state index contributed by atoms with van der Waals surface area (Å²) in [5, 5.41) is 5.20. The molecule has 0 spiro atoms. The second-order valence-corrected chi connectivity index (χ2v) is 7.03. The van der Waals surface area contributed by atoms with Crippen molar-refractivity contribution in [2.24, 2.45) is 0 Å². The fraction of sp³-hybridized carbons (Fsp3) is 0.182. The van der Waals surface area contributed by atoms with Crippen molar-refractivity contribution in [3.8, 4) is 5.75 Å². The summed E-state index contributed by atoms with van der Waals surface area (Å²) in [5.41, 5.74) is 1.43. The highest BCUT2D eigenvalue weighted by Crippen LogP contribution is 2.31. The summed E-state index contributed by atoms with van der Waals surface area (Å²) >= 11 is 6.22. The van der Waals surface area contributed by atoms with Crippen LogP contribution in [0.4, 0.5) is 11.4 Å². The van der Waals surface area contributed by atoms with Crippen molar-refractivity contribution in [1.82, 2.24) is 0 Å². The molecule has 0 atom stereocenters. The molecule has 3 aromatic rings. The van der Waals surface area contributed by atoms with Gasteiger partial charge in [0.05, 0.1) is 0 Å². The van der Waals surface area contributed by atoms with Gasteiger partial charge in [-0.25, -0.2) is 0 Å². The van der Waals surface area contributed by atoms with Crippen LogP contribution >= 0.6 is 11.6 Å². The molecule has 5 nitrogen and oxygen atoms in total. The Hall–Kier alpha value is -3.05. The van der Waals surface area contributed by atoms with E-state index >= 15 is 0 Å². The zero-order valence-corrected chi connectivity index (χ0v) is 15.9. The van der Waals surface area contributed by atoms with Gasteiger partial charge in [0.2, 0.25) is 5.91 Å². The summed E-state index contributed by atoms with van der Waals surface area (Å²) in [6.45, 7) is 0.585. The minimum atomic E-state index is -0.274. The quantitative estimate of drug-likeness (QED) is 0.686. The van der Waals surface area contributed by atoms with Gasteiger partial charge in [-0.1, -0.05) is 41.9 Å². The Labute approximate surface area is 167 Å². The zero-order chi connectivity index (χ0) is 19.5. The Morgan fingerprint density at radius 1 is 1.07 bits per heavy atom. The summed E-state index contributed by atoms with van der Waals surface area (Å²) in [5.74, 6) is 0.442. The summed E-state index contributed by atoms with van der Waals surface area (Å²) in [7, 11) is 0. The summed E-state index contributed by atoms with van der Waals surface area (Å²) in [6.07, 6.45) is 1.43. The molecule has 0 radical (unpaired) electrons. The highest BCUT2D eigenvalue weighted by molar-refractivity contribution is 6.35. The molecule has 1 heterocycles. The zero-order valence-electron chi connectivity index (χ0n) is 15.2. The van der Waals surface area contributed by atoms with E-state index in [2.05, 4.69) is 5.32 Å². The molecule has 1 aliphatic heterocycles. The summed E-state index contributed by atoms with van der Waals surface area (Å²) in [4.78, 5) is 26.0. The fourth-order valence-electron chi connectivity index (χ4n) is 3.37. The first-order chi connectivity index (χ1) is 13.6. The molecule has 1 fully saturated rings. The van der Waals surface area contributed by atoms with Crippen LogP contribution in [0.2, 0.25) is 5.02 Å². The Morgan fingerprint density at radius 3 is 2.68 bits per heavy atom. The molecule has 6 heteroatoms. The van der Waals surface area contributed by atoms with Gasteiger partial charge in [-0.2, -0.15) is 0 Å². The van der Waals surface area contributed by atoms with Gasteiger partial charge < -0.3 is 15.0 Å². The third-order valence-electron chi connectivity index (χ3n) is 4.70.